The number of esters is 1. The van der Waals surface area contributed by atoms with Gasteiger partial charge in [-0.3, -0.25) is 9.59 Å². The van der Waals surface area contributed by atoms with E-state index in [9.17, 15) is 9.59 Å². The average Bonchev–Trinajstić information content (AvgIpc) is 3.24. The van der Waals surface area contributed by atoms with Crippen LogP contribution in [0.25, 0.3) is 17.0 Å². The van der Waals surface area contributed by atoms with Crippen molar-refractivity contribution in [1.82, 2.24) is 25.1 Å². The fraction of sp³-hybridized carbons (Fsp3) is 0.400. The lowest BCUT2D eigenvalue weighted by atomic mass is 9.92. The highest BCUT2D eigenvalue weighted by atomic mass is 35.5. The molecule has 0 fully saturated rings. The zero-order chi connectivity index (χ0) is 21.2. The number of carbonyl (C=O) groups excluding carboxylic acids is 2. The van der Waals surface area contributed by atoms with Gasteiger partial charge in [-0.15, -0.1) is 9.73 Å². The molecule has 29 heavy (non-hydrogen) atoms. The summed E-state index contributed by atoms with van der Waals surface area (Å²) in [6.07, 6.45) is 0.155. The van der Waals surface area contributed by atoms with Crippen molar-refractivity contribution in [2.45, 2.75) is 45.6 Å². The zero-order valence-electron chi connectivity index (χ0n) is 16.9. The van der Waals surface area contributed by atoms with E-state index in [0.29, 0.717) is 23.0 Å². The van der Waals surface area contributed by atoms with E-state index in [-0.39, 0.29) is 24.2 Å². The van der Waals surface area contributed by atoms with Crippen LogP contribution >= 0.6 is 11.6 Å². The van der Waals surface area contributed by atoms with Gasteiger partial charge in [0.15, 0.2) is 11.5 Å². The van der Waals surface area contributed by atoms with E-state index in [1.165, 1.54) is 11.7 Å². The number of hydrogen-bond donors (Lipinski definition) is 2. The second kappa shape index (κ2) is 8.24. The van der Waals surface area contributed by atoms with Gasteiger partial charge in [-0.1, -0.05) is 50.6 Å². The van der Waals surface area contributed by atoms with Crippen molar-refractivity contribution < 1.29 is 14.3 Å². The van der Waals surface area contributed by atoms with Crippen LogP contribution in [0.3, 0.4) is 0 Å². The molecule has 1 aromatic carbocycles. The first kappa shape index (κ1) is 20.9. The summed E-state index contributed by atoms with van der Waals surface area (Å²) < 4.78 is 6.05. The fourth-order valence-corrected chi connectivity index (χ4v) is 3.29. The molecule has 2 aromatic heterocycles. The summed E-state index contributed by atoms with van der Waals surface area (Å²) in [5.41, 5.74) is 3.01. The number of H-pyrrole nitrogens is 1. The normalized spacial score (nSPS) is 11.6. The summed E-state index contributed by atoms with van der Waals surface area (Å²) in [4.78, 5) is 26.2. The van der Waals surface area contributed by atoms with Gasteiger partial charge >= 0.3 is 5.97 Å². The van der Waals surface area contributed by atoms with E-state index in [0.717, 1.165) is 16.8 Å². The average molecular weight is 418 g/mol. The van der Waals surface area contributed by atoms with Crippen molar-refractivity contribution in [3.05, 3.63) is 40.5 Å². The minimum atomic E-state index is -0.404. The van der Waals surface area contributed by atoms with Gasteiger partial charge in [0.1, 0.15) is 5.02 Å². The van der Waals surface area contributed by atoms with Gasteiger partial charge in [-0.25, -0.2) is 0 Å². The number of hydrogen-bond acceptors (Lipinski definition) is 5. The minimum absolute atomic E-state index is 0.0614. The Labute approximate surface area is 173 Å². The van der Waals surface area contributed by atoms with Crippen LogP contribution in [0.4, 0.5) is 0 Å². The predicted octanol–water partition coefficient (Wildman–Crippen LogP) is 3.24. The Hall–Kier alpha value is -2.87. The molecule has 8 nitrogen and oxygen atoms in total. The lowest BCUT2D eigenvalue weighted by Crippen LogP contribution is -2.23. The summed E-state index contributed by atoms with van der Waals surface area (Å²) in [7, 11) is 1.30. The molecular weight excluding hydrogens is 394 g/mol. The molecule has 2 heterocycles. The molecule has 2 N–H and O–H groups in total. The Morgan fingerprint density at radius 2 is 2.00 bits per heavy atom. The third-order valence-electron chi connectivity index (χ3n) is 4.43. The van der Waals surface area contributed by atoms with Crippen LogP contribution in [-0.4, -0.2) is 38.8 Å². The van der Waals surface area contributed by atoms with Crippen molar-refractivity contribution in [2.24, 2.45) is 0 Å². The lowest BCUT2D eigenvalue weighted by Gasteiger charge is -2.14. The monoisotopic (exact) mass is 417 g/mol. The number of halogens is 1. The largest absolute Gasteiger partial charge is 0.469 e. The van der Waals surface area contributed by atoms with Crippen LogP contribution in [0, 0.1) is 0 Å². The first-order valence-corrected chi connectivity index (χ1v) is 9.64. The van der Waals surface area contributed by atoms with Gasteiger partial charge < -0.3 is 15.0 Å². The molecule has 0 aliphatic carbocycles. The Bertz CT molecular complexity index is 1050. The molecule has 3 rings (SSSR count). The quantitative estimate of drug-likeness (QED) is 0.599. The molecule has 0 atom stereocenters. The molecule has 0 radical (unpaired) electrons. The van der Waals surface area contributed by atoms with Gasteiger partial charge in [-0.05, 0) is 11.6 Å². The molecule has 9 heteroatoms. The van der Waals surface area contributed by atoms with Gasteiger partial charge in [0.2, 0.25) is 5.91 Å². The molecule has 0 spiro atoms. The number of ether oxygens (including phenoxy) is 1. The van der Waals surface area contributed by atoms with Gasteiger partial charge in [-0.2, -0.15) is 5.10 Å². The molecule has 0 aliphatic heterocycles. The Morgan fingerprint density at radius 1 is 1.24 bits per heavy atom. The van der Waals surface area contributed by atoms with Crippen molar-refractivity contribution in [3.8, 4) is 11.4 Å². The maximum atomic E-state index is 11.9. The molecule has 0 saturated heterocycles. The van der Waals surface area contributed by atoms with Crippen LogP contribution < -0.4 is 5.32 Å². The van der Waals surface area contributed by atoms with Crippen LogP contribution in [0.1, 0.15) is 44.9 Å². The lowest BCUT2D eigenvalue weighted by molar-refractivity contribution is -0.142. The van der Waals surface area contributed by atoms with E-state index >= 15 is 0 Å². The zero-order valence-corrected chi connectivity index (χ0v) is 17.6. The second-order valence-electron chi connectivity index (χ2n) is 7.78. The third-order valence-corrected chi connectivity index (χ3v) is 4.78. The standard InChI is InChI=1S/C20H24ClN5O3/c1-20(2,3)17-16(21)19-23-18(25-26(19)24-17)13-7-5-6-12(10-13)11-22-14(27)8-9-15(28)29-4/h5-7,10H,8-9,11H2,1-4H3,(H,22,27)(H,23,25). The molecule has 0 unspecified atom stereocenters. The van der Waals surface area contributed by atoms with E-state index in [1.807, 2.05) is 45.0 Å². The molecule has 1 amide bonds. The molecular formula is C20H24ClN5O3. The summed E-state index contributed by atoms with van der Waals surface area (Å²) in [5.74, 6) is 0.0192. The van der Waals surface area contributed by atoms with Crippen LogP contribution in [0.2, 0.25) is 5.02 Å². The number of amides is 1. The van der Waals surface area contributed by atoms with Gasteiger partial charge in [0, 0.05) is 23.9 Å². The Morgan fingerprint density at radius 3 is 2.66 bits per heavy atom. The van der Waals surface area contributed by atoms with Crippen molar-refractivity contribution >= 4 is 29.1 Å². The van der Waals surface area contributed by atoms with Crippen molar-refractivity contribution in [1.29, 1.82) is 0 Å². The molecule has 0 bridgehead atoms. The van der Waals surface area contributed by atoms with Crippen molar-refractivity contribution in [3.63, 3.8) is 0 Å². The SMILES string of the molecule is COC(=O)CCC(=O)NCc1cccc(-c2nn3nc(C(C)(C)C)c(Cl)c3[nH]2)c1. The molecule has 0 saturated carbocycles. The highest BCUT2D eigenvalue weighted by Crippen LogP contribution is 2.31. The third kappa shape index (κ3) is 4.76. The fourth-order valence-electron chi connectivity index (χ4n) is 2.84. The molecule has 0 aliphatic rings. The number of methoxy groups -OCH3 is 1. The number of rotatable bonds is 6. The smallest absolute Gasteiger partial charge is 0.306 e. The first-order chi connectivity index (χ1) is 13.7. The maximum Gasteiger partial charge on any atom is 0.306 e. The van der Waals surface area contributed by atoms with Crippen LogP contribution in [0.15, 0.2) is 24.3 Å². The van der Waals surface area contributed by atoms with E-state index in [2.05, 4.69) is 25.2 Å². The van der Waals surface area contributed by atoms with Gasteiger partial charge in [0.25, 0.3) is 0 Å². The number of carbonyl (C=O) groups is 2. The molecule has 3 aromatic rings. The van der Waals surface area contributed by atoms with E-state index < -0.39 is 5.97 Å². The number of nitrogens with zero attached hydrogens (tertiary/aromatic N) is 3. The summed E-state index contributed by atoms with van der Waals surface area (Å²) in [5, 5.41) is 12.4. The number of nitrogens with one attached hydrogen (secondary N) is 2. The van der Waals surface area contributed by atoms with Crippen LogP contribution in [-0.2, 0) is 26.3 Å². The number of fused-ring (bicyclic) bond motifs is 1. The minimum Gasteiger partial charge on any atom is -0.469 e. The topological polar surface area (TPSA) is 101 Å². The summed E-state index contributed by atoms with van der Waals surface area (Å²) in [6, 6.07) is 7.64. The summed E-state index contributed by atoms with van der Waals surface area (Å²) in [6.45, 7) is 6.49. The van der Waals surface area contributed by atoms with Gasteiger partial charge in [0.05, 0.1) is 19.2 Å². The summed E-state index contributed by atoms with van der Waals surface area (Å²) >= 11 is 6.49. The highest BCUT2D eigenvalue weighted by Gasteiger charge is 2.25. The van der Waals surface area contributed by atoms with Crippen molar-refractivity contribution in [2.75, 3.05) is 7.11 Å². The Balaban J connectivity index is 1.72. The Kier molecular flexibility index (Phi) is 5.93. The molecule has 154 valence electrons. The van der Waals surface area contributed by atoms with E-state index in [1.54, 1.807) is 0 Å². The predicted molar refractivity (Wildman–Crippen MR) is 110 cm³/mol. The van der Waals surface area contributed by atoms with Crippen LogP contribution in [0.5, 0.6) is 0 Å². The second-order valence-corrected chi connectivity index (χ2v) is 8.16. The number of aromatic nitrogens is 4. The number of aromatic amines is 1. The van der Waals surface area contributed by atoms with E-state index in [4.69, 9.17) is 11.6 Å². The highest BCUT2D eigenvalue weighted by molar-refractivity contribution is 6.34. The first-order valence-electron chi connectivity index (χ1n) is 9.27. The number of benzene rings is 1. The maximum absolute atomic E-state index is 11.9.